The molecule has 1 saturated carbocycles. The number of para-hydroxylation sites is 1. The molecule has 0 spiro atoms. The van der Waals surface area contributed by atoms with Crippen LogP contribution in [-0.4, -0.2) is 50.7 Å². The topological polar surface area (TPSA) is 78.7 Å². The summed E-state index contributed by atoms with van der Waals surface area (Å²) in [6, 6.07) is 21.1. The third-order valence-corrected chi connectivity index (χ3v) is 9.25. The van der Waals surface area contributed by atoms with Gasteiger partial charge in [0, 0.05) is 44.0 Å². The number of anilines is 1. The summed E-state index contributed by atoms with van der Waals surface area (Å²) in [7, 11) is -3.51. The fourth-order valence-corrected chi connectivity index (χ4v) is 6.65. The predicted molar refractivity (Wildman–Crippen MR) is 137 cm³/mol. The molecule has 1 aliphatic heterocycles. The minimum absolute atomic E-state index is 0.0926. The Morgan fingerprint density at radius 1 is 1.00 bits per heavy atom. The normalized spacial score (nSPS) is 22.6. The van der Waals surface area contributed by atoms with Crippen molar-refractivity contribution in [2.24, 2.45) is 11.3 Å². The molecule has 2 fully saturated rings. The molecule has 0 radical (unpaired) electrons. The van der Waals surface area contributed by atoms with Gasteiger partial charge in [0.05, 0.1) is 17.1 Å². The number of aromatic nitrogens is 1. The molecule has 0 bridgehead atoms. The zero-order valence-electron chi connectivity index (χ0n) is 20.4. The highest BCUT2D eigenvalue weighted by atomic mass is 32.2. The van der Waals surface area contributed by atoms with Gasteiger partial charge < -0.3 is 9.42 Å². The quantitative estimate of drug-likeness (QED) is 0.511. The minimum Gasteiger partial charge on any atom is -0.369 e. The zero-order valence-corrected chi connectivity index (χ0v) is 21.2. The molecule has 3 aromatic rings. The van der Waals surface area contributed by atoms with Crippen LogP contribution in [0.3, 0.4) is 0 Å². The SMILES string of the molecule is CC1(C)[C@H](Cc2cc(CN3CCN(c4ccccc4)CC3)on2)C[C@@H]1NS(=O)(=O)c1ccccc1. The van der Waals surface area contributed by atoms with E-state index in [0.29, 0.717) is 10.8 Å². The lowest BCUT2D eigenvalue weighted by Gasteiger charge is -2.52. The van der Waals surface area contributed by atoms with Crippen LogP contribution < -0.4 is 9.62 Å². The standard InChI is InChI=1S/C27H34N4O3S/c1-27(2)21(18-26(27)29-35(32,33)25-11-7-4-8-12-25)17-22-19-24(34-28-22)20-30-13-15-31(16-14-30)23-9-5-3-6-10-23/h3-12,19,21,26,29H,13-18,20H2,1-2H3/t21-,26+/m1/s1. The lowest BCUT2D eigenvalue weighted by molar-refractivity contribution is 0.0270. The summed E-state index contributed by atoms with van der Waals surface area (Å²) >= 11 is 0. The molecule has 35 heavy (non-hydrogen) atoms. The molecule has 0 unspecified atom stereocenters. The number of hydrogen-bond donors (Lipinski definition) is 1. The monoisotopic (exact) mass is 494 g/mol. The van der Waals surface area contributed by atoms with Gasteiger partial charge in [-0.1, -0.05) is 55.4 Å². The molecule has 0 amide bonds. The number of sulfonamides is 1. The Balaban J connectivity index is 1.12. The van der Waals surface area contributed by atoms with E-state index >= 15 is 0 Å². The molecule has 1 saturated heterocycles. The van der Waals surface area contributed by atoms with E-state index in [1.165, 1.54) is 5.69 Å². The van der Waals surface area contributed by atoms with Gasteiger partial charge in [-0.2, -0.15) is 0 Å². The number of nitrogens with one attached hydrogen (secondary N) is 1. The van der Waals surface area contributed by atoms with Gasteiger partial charge in [0.15, 0.2) is 5.76 Å². The molecule has 186 valence electrons. The Labute approximate surface area is 208 Å². The Bertz CT molecular complexity index is 1220. The van der Waals surface area contributed by atoms with Crippen molar-refractivity contribution in [3.05, 3.63) is 78.2 Å². The van der Waals surface area contributed by atoms with Crippen LogP contribution in [-0.2, 0) is 23.0 Å². The number of rotatable bonds is 8. The number of benzene rings is 2. The van der Waals surface area contributed by atoms with Gasteiger partial charge >= 0.3 is 0 Å². The second-order valence-corrected chi connectivity index (χ2v) is 12.0. The highest BCUT2D eigenvalue weighted by Gasteiger charge is 2.49. The minimum atomic E-state index is -3.51. The maximum absolute atomic E-state index is 12.7. The van der Waals surface area contributed by atoms with E-state index in [2.05, 4.69) is 69.9 Å². The predicted octanol–water partition coefficient (Wildman–Crippen LogP) is 3.93. The van der Waals surface area contributed by atoms with Crippen LogP contribution in [0, 0.1) is 11.3 Å². The summed E-state index contributed by atoms with van der Waals surface area (Å²) in [5.74, 6) is 1.24. The van der Waals surface area contributed by atoms with Crippen LogP contribution in [0.4, 0.5) is 5.69 Å². The molecule has 2 atom stereocenters. The molecule has 7 nitrogen and oxygen atoms in total. The third kappa shape index (κ3) is 5.29. The molecule has 8 heteroatoms. The fraction of sp³-hybridized carbons (Fsp3) is 0.444. The molecular formula is C27H34N4O3S. The molecule has 1 aliphatic carbocycles. The zero-order chi connectivity index (χ0) is 24.5. The second-order valence-electron chi connectivity index (χ2n) is 10.3. The molecule has 1 aromatic heterocycles. The maximum atomic E-state index is 12.7. The van der Waals surface area contributed by atoms with E-state index in [1.807, 2.05) is 6.07 Å². The molecular weight excluding hydrogens is 460 g/mol. The van der Waals surface area contributed by atoms with Gasteiger partial charge in [0.2, 0.25) is 10.0 Å². The molecule has 2 heterocycles. The summed E-state index contributed by atoms with van der Waals surface area (Å²) in [5, 5.41) is 4.33. The summed E-state index contributed by atoms with van der Waals surface area (Å²) in [4.78, 5) is 5.14. The maximum Gasteiger partial charge on any atom is 0.240 e. The van der Waals surface area contributed by atoms with Gasteiger partial charge in [0.1, 0.15) is 0 Å². The number of hydrogen-bond acceptors (Lipinski definition) is 6. The van der Waals surface area contributed by atoms with E-state index in [-0.39, 0.29) is 11.5 Å². The van der Waals surface area contributed by atoms with Crippen LogP contribution >= 0.6 is 0 Å². The molecule has 5 rings (SSSR count). The molecule has 1 N–H and O–H groups in total. The fourth-order valence-electron chi connectivity index (χ4n) is 5.22. The van der Waals surface area contributed by atoms with E-state index in [1.54, 1.807) is 24.3 Å². The Morgan fingerprint density at radius 3 is 2.31 bits per heavy atom. The Kier molecular flexibility index (Phi) is 6.70. The van der Waals surface area contributed by atoms with Crippen LogP contribution in [0.25, 0.3) is 0 Å². The van der Waals surface area contributed by atoms with Crippen LogP contribution in [0.15, 0.2) is 76.1 Å². The van der Waals surface area contributed by atoms with Crippen molar-refractivity contribution in [3.8, 4) is 0 Å². The van der Waals surface area contributed by atoms with E-state index in [4.69, 9.17) is 4.52 Å². The van der Waals surface area contributed by atoms with Crippen LogP contribution in [0.2, 0.25) is 0 Å². The number of nitrogens with zero attached hydrogens (tertiary/aromatic N) is 3. The smallest absolute Gasteiger partial charge is 0.240 e. The lowest BCUT2D eigenvalue weighted by atomic mass is 9.57. The first-order valence-corrected chi connectivity index (χ1v) is 13.8. The number of piperazine rings is 1. The van der Waals surface area contributed by atoms with Gasteiger partial charge in [-0.15, -0.1) is 0 Å². The summed E-state index contributed by atoms with van der Waals surface area (Å²) < 4.78 is 34.0. The highest BCUT2D eigenvalue weighted by molar-refractivity contribution is 7.89. The molecule has 2 aromatic carbocycles. The van der Waals surface area contributed by atoms with E-state index < -0.39 is 10.0 Å². The Hall–Kier alpha value is -2.68. The average molecular weight is 495 g/mol. The van der Waals surface area contributed by atoms with Crippen molar-refractivity contribution in [1.29, 1.82) is 0 Å². The molecule has 2 aliphatic rings. The Morgan fingerprint density at radius 2 is 1.66 bits per heavy atom. The van der Waals surface area contributed by atoms with Crippen molar-refractivity contribution in [2.45, 2.75) is 44.2 Å². The summed E-state index contributed by atoms with van der Waals surface area (Å²) in [6.45, 7) is 9.01. The first-order chi connectivity index (χ1) is 16.8. The summed E-state index contributed by atoms with van der Waals surface area (Å²) in [5.41, 5.74) is 2.07. The second kappa shape index (κ2) is 9.76. The first kappa shape index (κ1) is 24.0. The van der Waals surface area contributed by atoms with Crippen LogP contribution in [0.5, 0.6) is 0 Å². The van der Waals surface area contributed by atoms with Crippen molar-refractivity contribution in [3.63, 3.8) is 0 Å². The first-order valence-electron chi connectivity index (χ1n) is 12.4. The van der Waals surface area contributed by atoms with Gasteiger partial charge in [0.25, 0.3) is 0 Å². The largest absolute Gasteiger partial charge is 0.369 e. The van der Waals surface area contributed by atoms with Crippen LogP contribution in [0.1, 0.15) is 31.7 Å². The van der Waals surface area contributed by atoms with Gasteiger partial charge in [-0.3, -0.25) is 4.90 Å². The lowest BCUT2D eigenvalue weighted by Crippen LogP contribution is -2.58. The highest BCUT2D eigenvalue weighted by Crippen LogP contribution is 2.48. The van der Waals surface area contributed by atoms with Crippen molar-refractivity contribution >= 4 is 15.7 Å². The summed E-state index contributed by atoms with van der Waals surface area (Å²) in [6.07, 6.45) is 1.59. The van der Waals surface area contributed by atoms with Crippen molar-refractivity contribution < 1.29 is 12.9 Å². The van der Waals surface area contributed by atoms with Crippen molar-refractivity contribution in [1.82, 2.24) is 14.8 Å². The van der Waals surface area contributed by atoms with E-state index in [0.717, 1.165) is 57.0 Å². The van der Waals surface area contributed by atoms with Gasteiger partial charge in [-0.25, -0.2) is 13.1 Å². The van der Waals surface area contributed by atoms with Crippen molar-refractivity contribution in [2.75, 3.05) is 31.1 Å². The van der Waals surface area contributed by atoms with Gasteiger partial charge in [-0.05, 0) is 48.4 Å². The average Bonchev–Trinajstić information content (AvgIpc) is 3.32. The third-order valence-electron chi connectivity index (χ3n) is 7.76. The van der Waals surface area contributed by atoms with E-state index in [9.17, 15) is 8.42 Å².